The lowest BCUT2D eigenvalue weighted by atomic mass is 10.1. The van der Waals surface area contributed by atoms with E-state index in [2.05, 4.69) is 15.3 Å². The fourth-order valence-corrected chi connectivity index (χ4v) is 4.63. The zero-order valence-electron chi connectivity index (χ0n) is 17.0. The molecule has 3 N–H and O–H groups in total. The number of carbonyl (C=O) groups excluding carboxylic acids is 1. The van der Waals surface area contributed by atoms with Gasteiger partial charge < -0.3 is 15.8 Å². The molecule has 4 rings (SSSR count). The topological polar surface area (TPSA) is 129 Å². The summed E-state index contributed by atoms with van der Waals surface area (Å²) < 4.78 is 32.6. The van der Waals surface area contributed by atoms with Gasteiger partial charge in [-0.25, -0.2) is 12.4 Å². The summed E-state index contributed by atoms with van der Waals surface area (Å²) in [6.07, 6.45) is 1.37. The molecule has 32 heavy (non-hydrogen) atoms. The predicted octanol–water partition coefficient (Wildman–Crippen LogP) is 3.48. The summed E-state index contributed by atoms with van der Waals surface area (Å²) in [6.45, 7) is 1.87. The van der Waals surface area contributed by atoms with Gasteiger partial charge in [-0.3, -0.25) is 4.79 Å². The van der Waals surface area contributed by atoms with Gasteiger partial charge in [-0.2, -0.15) is 9.97 Å². The molecular weight excluding hydrogens is 454 g/mol. The van der Waals surface area contributed by atoms with E-state index in [1.807, 2.05) is 6.92 Å². The summed E-state index contributed by atoms with van der Waals surface area (Å²) in [5.41, 5.74) is 7.00. The van der Waals surface area contributed by atoms with Crippen LogP contribution in [0.4, 0.5) is 11.5 Å². The molecule has 2 aromatic carbocycles. The van der Waals surface area contributed by atoms with Crippen molar-refractivity contribution in [2.24, 2.45) is 5.73 Å². The van der Waals surface area contributed by atoms with Crippen molar-refractivity contribution < 1.29 is 17.9 Å². The molecule has 9 nitrogen and oxygen atoms in total. The zero-order valence-corrected chi connectivity index (χ0v) is 18.6. The van der Waals surface area contributed by atoms with E-state index in [9.17, 15) is 13.2 Å². The lowest BCUT2D eigenvalue weighted by molar-refractivity contribution is 0.100. The second kappa shape index (κ2) is 8.13. The molecule has 0 unspecified atom stereocenters. The predicted molar refractivity (Wildman–Crippen MR) is 121 cm³/mol. The highest BCUT2D eigenvalue weighted by Gasteiger charge is 2.22. The van der Waals surface area contributed by atoms with Gasteiger partial charge in [0.15, 0.2) is 5.65 Å². The van der Waals surface area contributed by atoms with Crippen LogP contribution in [0.1, 0.15) is 15.9 Å². The third-order valence-electron chi connectivity index (χ3n) is 4.81. The van der Waals surface area contributed by atoms with Gasteiger partial charge in [-0.15, -0.1) is 0 Å². The first-order valence-electron chi connectivity index (χ1n) is 9.32. The minimum atomic E-state index is -3.93. The van der Waals surface area contributed by atoms with Gasteiger partial charge >= 0.3 is 0 Å². The molecule has 0 fully saturated rings. The first kappa shape index (κ1) is 21.6. The second-order valence-electron chi connectivity index (χ2n) is 6.91. The van der Waals surface area contributed by atoms with Crippen LogP contribution in [0.3, 0.4) is 0 Å². The van der Waals surface area contributed by atoms with Gasteiger partial charge in [0.05, 0.1) is 28.6 Å². The molecule has 4 aromatic rings. The monoisotopic (exact) mass is 471 g/mol. The third kappa shape index (κ3) is 3.85. The number of benzene rings is 2. The van der Waals surface area contributed by atoms with Crippen LogP contribution in [0.2, 0.25) is 5.28 Å². The Hall–Kier alpha value is -3.63. The quantitative estimate of drug-likeness (QED) is 0.412. The van der Waals surface area contributed by atoms with Gasteiger partial charge in [0.2, 0.25) is 5.28 Å². The maximum absolute atomic E-state index is 13.2. The molecule has 0 atom stereocenters. The van der Waals surface area contributed by atoms with E-state index in [1.165, 1.54) is 31.5 Å². The number of ether oxygens (including phenoxy) is 1. The van der Waals surface area contributed by atoms with Crippen molar-refractivity contribution in [3.8, 4) is 5.75 Å². The number of hydrogen-bond donors (Lipinski definition) is 2. The Kier molecular flexibility index (Phi) is 5.49. The van der Waals surface area contributed by atoms with E-state index in [0.717, 1.165) is 9.54 Å². The SMILES string of the molecule is COc1ccc(C(N)=O)c(Nc2nc(Cl)nc3c2ccn3S(=O)(=O)c2ccc(C)cc2)c1. The molecule has 164 valence electrons. The highest BCUT2D eigenvalue weighted by molar-refractivity contribution is 7.90. The van der Waals surface area contributed by atoms with Gasteiger partial charge in [0, 0.05) is 12.3 Å². The first-order valence-corrected chi connectivity index (χ1v) is 11.1. The number of nitrogens with two attached hydrogens (primary N) is 1. The fourth-order valence-electron chi connectivity index (χ4n) is 3.17. The number of aryl methyl sites for hydroxylation is 1. The van der Waals surface area contributed by atoms with Crippen molar-refractivity contribution in [1.82, 2.24) is 13.9 Å². The molecule has 1 amide bonds. The minimum Gasteiger partial charge on any atom is -0.497 e. The average molecular weight is 472 g/mol. The van der Waals surface area contributed by atoms with Crippen LogP contribution in [-0.2, 0) is 10.0 Å². The van der Waals surface area contributed by atoms with Crippen molar-refractivity contribution in [1.29, 1.82) is 0 Å². The molecule has 2 aromatic heterocycles. The second-order valence-corrected chi connectivity index (χ2v) is 9.06. The summed E-state index contributed by atoms with van der Waals surface area (Å²) in [5, 5.41) is 3.20. The Labute approximate surface area is 188 Å². The van der Waals surface area contributed by atoms with Crippen molar-refractivity contribution >= 4 is 50.1 Å². The highest BCUT2D eigenvalue weighted by atomic mass is 35.5. The Balaban J connectivity index is 1.85. The number of hydrogen-bond acceptors (Lipinski definition) is 7. The number of aromatic nitrogens is 3. The number of anilines is 2. The average Bonchev–Trinajstić information content (AvgIpc) is 3.18. The Morgan fingerprint density at radius 1 is 1.12 bits per heavy atom. The molecule has 0 radical (unpaired) electrons. The summed E-state index contributed by atoms with van der Waals surface area (Å²) in [4.78, 5) is 20.3. The molecule has 0 bridgehead atoms. The van der Waals surface area contributed by atoms with Crippen LogP contribution in [0.15, 0.2) is 59.6 Å². The molecule has 2 heterocycles. The Morgan fingerprint density at radius 3 is 2.50 bits per heavy atom. The minimum absolute atomic E-state index is 0.0802. The van der Waals surface area contributed by atoms with E-state index in [0.29, 0.717) is 16.8 Å². The fraction of sp³-hybridized carbons (Fsp3) is 0.0952. The third-order valence-corrected chi connectivity index (χ3v) is 6.66. The maximum Gasteiger partial charge on any atom is 0.269 e. The van der Waals surface area contributed by atoms with Crippen LogP contribution in [0.25, 0.3) is 11.0 Å². The summed E-state index contributed by atoms with van der Waals surface area (Å²) in [5.74, 6) is 0.0214. The molecule has 0 aliphatic carbocycles. The number of primary amides is 1. The normalized spacial score (nSPS) is 11.5. The first-order chi connectivity index (χ1) is 15.2. The summed E-state index contributed by atoms with van der Waals surface area (Å²) >= 11 is 6.11. The van der Waals surface area contributed by atoms with Gasteiger partial charge in [-0.05, 0) is 48.9 Å². The van der Waals surface area contributed by atoms with Crippen LogP contribution >= 0.6 is 11.6 Å². The number of halogens is 1. The van der Waals surface area contributed by atoms with Crippen molar-refractivity contribution in [3.63, 3.8) is 0 Å². The van der Waals surface area contributed by atoms with E-state index in [-0.39, 0.29) is 27.2 Å². The number of carbonyl (C=O) groups is 1. The molecule has 0 spiro atoms. The molecular formula is C21H18ClN5O4S. The number of rotatable bonds is 6. The number of nitrogens with one attached hydrogen (secondary N) is 1. The number of fused-ring (bicyclic) bond motifs is 1. The van der Waals surface area contributed by atoms with Gasteiger partial charge in [0.1, 0.15) is 11.6 Å². The van der Waals surface area contributed by atoms with E-state index >= 15 is 0 Å². The van der Waals surface area contributed by atoms with Crippen molar-refractivity contribution in [2.75, 3.05) is 12.4 Å². The van der Waals surface area contributed by atoms with Gasteiger partial charge in [-0.1, -0.05) is 17.7 Å². The standard InChI is InChI=1S/C21H18ClN5O4S/c1-12-3-6-14(7-4-12)32(29,30)27-10-9-16-19(25-21(22)26-20(16)27)24-17-11-13(31-2)5-8-15(17)18(23)28/h3-11H,1-2H3,(H2,23,28)(H,24,25,26). The van der Waals surface area contributed by atoms with Crippen molar-refractivity contribution in [3.05, 3.63) is 71.1 Å². The van der Waals surface area contributed by atoms with Crippen LogP contribution in [-0.4, -0.2) is 35.4 Å². The Morgan fingerprint density at radius 2 is 1.84 bits per heavy atom. The lowest BCUT2D eigenvalue weighted by Gasteiger charge is -2.13. The highest BCUT2D eigenvalue weighted by Crippen LogP contribution is 2.31. The van der Waals surface area contributed by atoms with E-state index in [4.69, 9.17) is 22.1 Å². The van der Waals surface area contributed by atoms with Crippen LogP contribution in [0.5, 0.6) is 5.75 Å². The summed E-state index contributed by atoms with van der Waals surface area (Å²) in [7, 11) is -2.45. The molecule has 0 aliphatic rings. The van der Waals surface area contributed by atoms with Gasteiger partial charge in [0.25, 0.3) is 15.9 Å². The molecule has 11 heteroatoms. The van der Waals surface area contributed by atoms with E-state index < -0.39 is 15.9 Å². The lowest BCUT2D eigenvalue weighted by Crippen LogP contribution is -2.14. The molecule has 0 aliphatic heterocycles. The van der Waals surface area contributed by atoms with Crippen LogP contribution < -0.4 is 15.8 Å². The molecule has 0 saturated heterocycles. The summed E-state index contributed by atoms with van der Waals surface area (Å²) in [6, 6.07) is 12.7. The Bertz CT molecular complexity index is 1450. The van der Waals surface area contributed by atoms with Crippen molar-refractivity contribution in [2.45, 2.75) is 11.8 Å². The van der Waals surface area contributed by atoms with E-state index in [1.54, 1.807) is 30.3 Å². The van der Waals surface area contributed by atoms with Crippen LogP contribution in [0, 0.1) is 6.92 Å². The largest absolute Gasteiger partial charge is 0.497 e. The zero-order chi connectivity index (χ0) is 23.0. The number of amides is 1. The number of methoxy groups -OCH3 is 1. The maximum atomic E-state index is 13.2. The smallest absolute Gasteiger partial charge is 0.269 e. The molecule has 0 saturated carbocycles. The number of nitrogens with zero attached hydrogens (tertiary/aromatic N) is 3.